The molecule has 0 aliphatic carbocycles. The summed E-state index contributed by atoms with van der Waals surface area (Å²) in [6.45, 7) is 14.4. The van der Waals surface area contributed by atoms with Crippen LogP contribution in [0.5, 0.6) is 0 Å². The highest BCUT2D eigenvalue weighted by Crippen LogP contribution is 2.42. The van der Waals surface area contributed by atoms with E-state index in [0.717, 1.165) is 16.6 Å². The minimum absolute atomic E-state index is 0.846. The summed E-state index contributed by atoms with van der Waals surface area (Å²) in [5.41, 5.74) is 5.07. The fourth-order valence-corrected chi connectivity index (χ4v) is 9.93. The van der Waals surface area contributed by atoms with E-state index in [1.165, 1.54) is 0 Å². The zero-order valence-electron chi connectivity index (χ0n) is 9.76. The molecular weight excluding hydrogens is 287 g/mol. The van der Waals surface area contributed by atoms with E-state index in [2.05, 4.69) is 73.9 Å². The zero-order valence-corrected chi connectivity index (χ0v) is 12.9. The van der Waals surface area contributed by atoms with Crippen molar-refractivity contribution in [3.05, 3.63) is 9.78 Å². The second-order valence-corrected chi connectivity index (χ2v) is 11.3. The van der Waals surface area contributed by atoms with Crippen LogP contribution >= 0.6 is 22.6 Å². The molecule has 0 nitrogen and oxygen atoms in total. The Bertz CT molecular complexity index is 149. The van der Waals surface area contributed by atoms with Crippen LogP contribution in [0, 0.1) is 0 Å². The Labute approximate surface area is 98.3 Å². The molecule has 0 aromatic carbocycles. The van der Waals surface area contributed by atoms with Gasteiger partial charge in [0.2, 0.25) is 0 Å². The van der Waals surface area contributed by atoms with E-state index in [9.17, 15) is 0 Å². The van der Waals surface area contributed by atoms with Crippen molar-refractivity contribution in [2.45, 2.75) is 58.2 Å². The van der Waals surface area contributed by atoms with Crippen LogP contribution in [-0.4, -0.2) is 8.07 Å². The Kier molecular flexibility index (Phi) is 5.83. The molecule has 0 aliphatic rings. The van der Waals surface area contributed by atoms with Gasteiger partial charge in [0.25, 0.3) is 0 Å². The number of halogens is 1. The maximum Gasteiger partial charge on any atom is 0.0859 e. The maximum absolute atomic E-state index is 2.54. The van der Waals surface area contributed by atoms with Crippen LogP contribution in [0.3, 0.4) is 0 Å². The Balaban J connectivity index is 5.05. The first-order valence-corrected chi connectivity index (χ1v) is 8.73. The van der Waals surface area contributed by atoms with Crippen molar-refractivity contribution in [1.29, 1.82) is 0 Å². The normalized spacial score (nSPS) is 14.0. The summed E-state index contributed by atoms with van der Waals surface area (Å²) >= 11 is 2.37. The van der Waals surface area contributed by atoms with Crippen LogP contribution in [0.4, 0.5) is 0 Å². The van der Waals surface area contributed by atoms with Crippen molar-refractivity contribution >= 4 is 30.7 Å². The molecule has 78 valence electrons. The number of rotatable bonds is 4. The third-order valence-corrected chi connectivity index (χ3v) is 11.1. The average molecular weight is 310 g/mol. The van der Waals surface area contributed by atoms with Crippen molar-refractivity contribution < 1.29 is 0 Å². The predicted molar refractivity (Wildman–Crippen MR) is 74.2 cm³/mol. The lowest BCUT2D eigenvalue weighted by atomic mass is 10.5. The van der Waals surface area contributed by atoms with E-state index in [1.54, 1.807) is 0 Å². The minimum atomic E-state index is -1.22. The van der Waals surface area contributed by atoms with Crippen LogP contribution in [0.25, 0.3) is 0 Å². The molecule has 0 N–H and O–H groups in total. The van der Waals surface area contributed by atoms with Crippen LogP contribution in [0.2, 0.25) is 16.6 Å². The first-order valence-electron chi connectivity index (χ1n) is 5.17. The van der Waals surface area contributed by atoms with Gasteiger partial charge in [-0.2, -0.15) is 0 Å². The molecule has 0 aromatic rings. The summed E-state index contributed by atoms with van der Waals surface area (Å²) in [5.74, 6) is 0. The molecule has 0 amide bonds. The molecular formula is C11H23ISi. The first kappa shape index (κ1) is 13.7. The molecule has 0 saturated carbocycles. The van der Waals surface area contributed by atoms with E-state index >= 15 is 0 Å². The standard InChI is InChI=1S/C11H23ISi/c1-9(2)13(8-7-12,10(3)4)11(5)6/h7-11H,1-6H3/b8-7+. The summed E-state index contributed by atoms with van der Waals surface area (Å²) < 4.78 is 2.24. The van der Waals surface area contributed by atoms with E-state index in [-0.39, 0.29) is 0 Å². The number of hydrogen-bond donors (Lipinski definition) is 0. The minimum Gasteiger partial charge on any atom is -0.0875 e. The van der Waals surface area contributed by atoms with Crippen LogP contribution in [-0.2, 0) is 0 Å². The maximum atomic E-state index is 2.54. The second kappa shape index (κ2) is 5.54. The van der Waals surface area contributed by atoms with Crippen LogP contribution in [0.15, 0.2) is 9.78 Å². The van der Waals surface area contributed by atoms with Crippen LogP contribution in [0.1, 0.15) is 41.5 Å². The molecule has 0 atom stereocenters. The van der Waals surface area contributed by atoms with Gasteiger partial charge in [-0.1, -0.05) is 69.8 Å². The van der Waals surface area contributed by atoms with Crippen molar-refractivity contribution in [3.8, 4) is 0 Å². The molecule has 0 spiro atoms. The monoisotopic (exact) mass is 310 g/mol. The predicted octanol–water partition coefficient (Wildman–Crippen LogP) is 5.15. The summed E-state index contributed by atoms with van der Waals surface area (Å²) in [6.07, 6.45) is 0. The first-order chi connectivity index (χ1) is 5.89. The third kappa shape index (κ3) is 2.82. The Morgan fingerprint density at radius 2 is 1.15 bits per heavy atom. The lowest BCUT2D eigenvalue weighted by Gasteiger charge is -2.40. The molecule has 2 heteroatoms. The van der Waals surface area contributed by atoms with Gasteiger partial charge in [-0.05, 0) is 20.7 Å². The van der Waals surface area contributed by atoms with E-state index < -0.39 is 8.07 Å². The highest BCUT2D eigenvalue weighted by Gasteiger charge is 2.39. The Morgan fingerprint density at radius 3 is 1.23 bits per heavy atom. The largest absolute Gasteiger partial charge is 0.0875 e. The van der Waals surface area contributed by atoms with Crippen molar-refractivity contribution in [2.75, 3.05) is 0 Å². The highest BCUT2D eigenvalue weighted by atomic mass is 127. The van der Waals surface area contributed by atoms with Gasteiger partial charge in [-0.15, -0.1) is 0 Å². The fraction of sp³-hybridized carbons (Fsp3) is 0.818. The third-order valence-electron chi connectivity index (χ3n) is 3.35. The second-order valence-electron chi connectivity index (χ2n) is 4.76. The van der Waals surface area contributed by atoms with Crippen LogP contribution < -0.4 is 0 Å². The average Bonchev–Trinajstić information content (AvgIpc) is 1.97. The molecule has 0 fully saturated rings. The Morgan fingerprint density at radius 1 is 0.846 bits per heavy atom. The molecule has 0 saturated heterocycles. The van der Waals surface area contributed by atoms with Gasteiger partial charge in [0, 0.05) is 0 Å². The molecule has 0 radical (unpaired) electrons. The van der Waals surface area contributed by atoms with Crippen molar-refractivity contribution in [3.63, 3.8) is 0 Å². The molecule has 0 heterocycles. The molecule has 0 rings (SSSR count). The SMILES string of the molecule is CC(C)[Si](/C=C/I)(C(C)C)C(C)C. The molecule has 0 aromatic heterocycles. The topological polar surface area (TPSA) is 0 Å². The van der Waals surface area contributed by atoms with Crippen molar-refractivity contribution in [2.24, 2.45) is 0 Å². The highest BCUT2D eigenvalue weighted by molar-refractivity contribution is 14.1. The van der Waals surface area contributed by atoms with E-state index in [1.807, 2.05) is 0 Å². The van der Waals surface area contributed by atoms with Gasteiger partial charge >= 0.3 is 0 Å². The zero-order chi connectivity index (χ0) is 10.6. The van der Waals surface area contributed by atoms with Gasteiger partial charge in [0.15, 0.2) is 0 Å². The van der Waals surface area contributed by atoms with E-state index in [4.69, 9.17) is 0 Å². The summed E-state index contributed by atoms with van der Waals surface area (Å²) in [6, 6.07) is 0. The fourth-order valence-electron chi connectivity index (χ4n) is 2.69. The van der Waals surface area contributed by atoms with Crippen molar-refractivity contribution in [1.82, 2.24) is 0 Å². The van der Waals surface area contributed by atoms with Gasteiger partial charge in [0.05, 0.1) is 8.07 Å². The smallest absolute Gasteiger partial charge is 0.0859 e. The summed E-state index contributed by atoms with van der Waals surface area (Å²) in [4.78, 5) is 0. The van der Waals surface area contributed by atoms with Gasteiger partial charge in [-0.25, -0.2) is 0 Å². The van der Waals surface area contributed by atoms with Gasteiger partial charge < -0.3 is 0 Å². The lowest BCUT2D eigenvalue weighted by molar-refractivity contribution is 0.833. The summed E-state index contributed by atoms with van der Waals surface area (Å²) in [5, 5.41) is 0. The molecule has 0 bridgehead atoms. The molecule has 0 unspecified atom stereocenters. The van der Waals surface area contributed by atoms with Gasteiger partial charge in [0.1, 0.15) is 0 Å². The van der Waals surface area contributed by atoms with E-state index in [0.29, 0.717) is 0 Å². The van der Waals surface area contributed by atoms with Gasteiger partial charge in [-0.3, -0.25) is 0 Å². The lowest BCUT2D eigenvalue weighted by Crippen LogP contribution is -2.42. The summed E-state index contributed by atoms with van der Waals surface area (Å²) in [7, 11) is -1.22. The Hall–Kier alpha value is 0.687. The molecule has 0 aliphatic heterocycles. The quantitative estimate of drug-likeness (QED) is 0.497. The molecule has 13 heavy (non-hydrogen) atoms. The number of hydrogen-bond acceptors (Lipinski definition) is 0.